The second-order valence-corrected chi connectivity index (χ2v) is 3.69. The van der Waals surface area contributed by atoms with Crippen molar-refractivity contribution in [1.29, 1.82) is 0 Å². The van der Waals surface area contributed by atoms with Crippen LogP contribution >= 0.6 is 0 Å². The lowest BCUT2D eigenvalue weighted by atomic mass is 10.2. The fraction of sp³-hybridized carbons (Fsp3) is 0.455. The molecule has 0 aliphatic rings. The van der Waals surface area contributed by atoms with Crippen LogP contribution < -0.4 is 5.73 Å². The van der Waals surface area contributed by atoms with Crippen molar-refractivity contribution >= 4 is 17.0 Å². The van der Waals surface area contributed by atoms with E-state index in [0.717, 1.165) is 24.0 Å². The summed E-state index contributed by atoms with van der Waals surface area (Å²) in [5, 5.41) is 0. The molecule has 2 aromatic heterocycles. The molecular weight excluding hydrogens is 188 g/mol. The third-order valence-electron chi connectivity index (χ3n) is 2.57. The van der Waals surface area contributed by atoms with E-state index in [1.807, 2.05) is 16.8 Å². The zero-order valence-corrected chi connectivity index (χ0v) is 8.98. The van der Waals surface area contributed by atoms with Gasteiger partial charge in [0, 0.05) is 12.7 Å². The van der Waals surface area contributed by atoms with E-state index in [1.54, 1.807) is 6.20 Å². The predicted octanol–water partition coefficient (Wildman–Crippen LogP) is 2.20. The first kappa shape index (κ1) is 9.96. The van der Waals surface area contributed by atoms with E-state index in [0.29, 0.717) is 5.95 Å². The molecule has 2 heterocycles. The number of rotatable bonds is 4. The average molecular weight is 204 g/mol. The van der Waals surface area contributed by atoms with E-state index in [9.17, 15) is 0 Å². The number of nitrogen functional groups attached to an aromatic ring is 1. The fourth-order valence-electron chi connectivity index (χ4n) is 1.74. The van der Waals surface area contributed by atoms with Crippen LogP contribution in [0.25, 0.3) is 11.0 Å². The maximum atomic E-state index is 5.86. The summed E-state index contributed by atoms with van der Waals surface area (Å²) in [6.45, 7) is 3.12. The van der Waals surface area contributed by atoms with Crippen molar-refractivity contribution in [2.45, 2.75) is 32.7 Å². The Labute approximate surface area is 89.1 Å². The molecule has 4 nitrogen and oxygen atoms in total. The molecule has 0 saturated heterocycles. The number of aromatic nitrogens is 3. The maximum absolute atomic E-state index is 5.86. The van der Waals surface area contributed by atoms with Gasteiger partial charge in [-0.25, -0.2) is 4.98 Å². The molecule has 0 aliphatic heterocycles. The smallest absolute Gasteiger partial charge is 0.201 e. The van der Waals surface area contributed by atoms with Crippen LogP contribution in [0.3, 0.4) is 0 Å². The van der Waals surface area contributed by atoms with Crippen LogP contribution in [0.2, 0.25) is 0 Å². The molecular formula is C11H16N4. The number of anilines is 1. The van der Waals surface area contributed by atoms with E-state index < -0.39 is 0 Å². The van der Waals surface area contributed by atoms with Crippen LogP contribution in [0.15, 0.2) is 18.5 Å². The first-order valence-electron chi connectivity index (χ1n) is 5.38. The number of unbranched alkanes of at least 4 members (excludes halogenated alkanes) is 2. The lowest BCUT2D eigenvalue weighted by molar-refractivity contribution is 0.618. The number of hydrogen-bond acceptors (Lipinski definition) is 3. The van der Waals surface area contributed by atoms with Crippen LogP contribution in [-0.2, 0) is 6.54 Å². The summed E-state index contributed by atoms with van der Waals surface area (Å²) in [7, 11) is 0. The Morgan fingerprint density at radius 2 is 2.27 bits per heavy atom. The predicted molar refractivity (Wildman–Crippen MR) is 61.5 cm³/mol. The molecule has 15 heavy (non-hydrogen) atoms. The number of nitrogens with zero attached hydrogens (tertiary/aromatic N) is 3. The minimum absolute atomic E-state index is 0.592. The van der Waals surface area contributed by atoms with Crippen molar-refractivity contribution in [1.82, 2.24) is 14.5 Å². The number of aryl methyl sites for hydroxylation is 1. The summed E-state index contributed by atoms with van der Waals surface area (Å²) in [5.41, 5.74) is 7.82. The van der Waals surface area contributed by atoms with Crippen LogP contribution in [0.4, 0.5) is 5.95 Å². The van der Waals surface area contributed by atoms with Crippen LogP contribution in [0.1, 0.15) is 26.2 Å². The van der Waals surface area contributed by atoms with Crippen molar-refractivity contribution in [2.75, 3.05) is 5.73 Å². The highest BCUT2D eigenvalue weighted by Gasteiger charge is 2.06. The minimum Gasteiger partial charge on any atom is -0.369 e. The van der Waals surface area contributed by atoms with Gasteiger partial charge in [-0.1, -0.05) is 19.8 Å². The van der Waals surface area contributed by atoms with Crippen molar-refractivity contribution in [3.8, 4) is 0 Å². The zero-order chi connectivity index (χ0) is 10.7. The quantitative estimate of drug-likeness (QED) is 0.777. The topological polar surface area (TPSA) is 56.7 Å². The highest BCUT2D eigenvalue weighted by Crippen LogP contribution is 2.17. The molecule has 0 saturated carbocycles. The Morgan fingerprint density at radius 3 is 3.07 bits per heavy atom. The molecule has 0 spiro atoms. The van der Waals surface area contributed by atoms with Gasteiger partial charge >= 0.3 is 0 Å². The molecule has 2 aromatic rings. The Hall–Kier alpha value is -1.58. The lowest BCUT2D eigenvalue weighted by Gasteiger charge is -2.04. The highest BCUT2D eigenvalue weighted by molar-refractivity contribution is 5.76. The highest BCUT2D eigenvalue weighted by atomic mass is 15.2. The summed E-state index contributed by atoms with van der Waals surface area (Å²) in [4.78, 5) is 8.39. The van der Waals surface area contributed by atoms with Gasteiger partial charge in [-0.05, 0) is 12.5 Å². The van der Waals surface area contributed by atoms with Gasteiger partial charge in [-0.3, -0.25) is 4.98 Å². The summed E-state index contributed by atoms with van der Waals surface area (Å²) in [5.74, 6) is 0.592. The Bertz CT molecular complexity index is 447. The largest absolute Gasteiger partial charge is 0.369 e. The SMILES string of the molecule is CCCCCn1c(N)nc2ccncc21. The van der Waals surface area contributed by atoms with E-state index in [-0.39, 0.29) is 0 Å². The molecule has 0 radical (unpaired) electrons. The molecule has 2 N–H and O–H groups in total. The van der Waals surface area contributed by atoms with Gasteiger partial charge in [0.1, 0.15) is 0 Å². The summed E-state index contributed by atoms with van der Waals surface area (Å²) >= 11 is 0. The van der Waals surface area contributed by atoms with Gasteiger partial charge in [0.05, 0.1) is 17.2 Å². The van der Waals surface area contributed by atoms with Crippen molar-refractivity contribution < 1.29 is 0 Å². The Kier molecular flexibility index (Phi) is 2.85. The Balaban J connectivity index is 2.28. The maximum Gasteiger partial charge on any atom is 0.201 e. The standard InChI is InChI=1S/C11H16N4/c1-2-3-4-7-15-10-8-13-6-5-9(10)14-11(15)12/h5-6,8H,2-4,7H2,1H3,(H2,12,14). The third-order valence-corrected chi connectivity index (χ3v) is 2.57. The summed E-state index contributed by atoms with van der Waals surface area (Å²) < 4.78 is 2.04. The molecule has 2 rings (SSSR count). The first-order chi connectivity index (χ1) is 7.33. The van der Waals surface area contributed by atoms with E-state index >= 15 is 0 Å². The molecule has 0 aromatic carbocycles. The molecule has 0 aliphatic carbocycles. The van der Waals surface area contributed by atoms with Gasteiger partial charge < -0.3 is 10.3 Å². The number of nitrogens with two attached hydrogens (primary N) is 1. The molecule has 4 heteroatoms. The molecule has 0 fully saturated rings. The Morgan fingerprint density at radius 1 is 1.40 bits per heavy atom. The molecule has 80 valence electrons. The zero-order valence-electron chi connectivity index (χ0n) is 8.98. The van der Waals surface area contributed by atoms with Crippen LogP contribution in [-0.4, -0.2) is 14.5 Å². The second kappa shape index (κ2) is 4.29. The van der Waals surface area contributed by atoms with Gasteiger partial charge in [-0.15, -0.1) is 0 Å². The lowest BCUT2D eigenvalue weighted by Crippen LogP contribution is -2.03. The van der Waals surface area contributed by atoms with Gasteiger partial charge in [0.25, 0.3) is 0 Å². The monoisotopic (exact) mass is 204 g/mol. The molecule has 0 unspecified atom stereocenters. The number of imidazole rings is 1. The average Bonchev–Trinajstić information content (AvgIpc) is 2.56. The molecule has 0 bridgehead atoms. The van der Waals surface area contributed by atoms with Gasteiger partial charge in [0.15, 0.2) is 0 Å². The van der Waals surface area contributed by atoms with Gasteiger partial charge in [-0.2, -0.15) is 0 Å². The van der Waals surface area contributed by atoms with Crippen molar-refractivity contribution in [2.24, 2.45) is 0 Å². The normalized spacial score (nSPS) is 11.0. The molecule has 0 atom stereocenters. The first-order valence-corrected chi connectivity index (χ1v) is 5.38. The second-order valence-electron chi connectivity index (χ2n) is 3.69. The fourth-order valence-corrected chi connectivity index (χ4v) is 1.74. The van der Waals surface area contributed by atoms with Crippen LogP contribution in [0, 0.1) is 0 Å². The van der Waals surface area contributed by atoms with Crippen molar-refractivity contribution in [3.63, 3.8) is 0 Å². The van der Waals surface area contributed by atoms with Crippen molar-refractivity contribution in [3.05, 3.63) is 18.5 Å². The van der Waals surface area contributed by atoms with E-state index in [1.165, 1.54) is 12.8 Å². The van der Waals surface area contributed by atoms with E-state index in [2.05, 4.69) is 16.9 Å². The third kappa shape index (κ3) is 1.93. The van der Waals surface area contributed by atoms with E-state index in [4.69, 9.17) is 5.73 Å². The van der Waals surface area contributed by atoms with Gasteiger partial charge in [0.2, 0.25) is 5.95 Å². The van der Waals surface area contributed by atoms with Crippen LogP contribution in [0.5, 0.6) is 0 Å². The number of fused-ring (bicyclic) bond motifs is 1. The number of pyridine rings is 1. The summed E-state index contributed by atoms with van der Waals surface area (Å²) in [6.07, 6.45) is 7.14. The molecule has 0 amide bonds. The minimum atomic E-state index is 0.592. The number of hydrogen-bond donors (Lipinski definition) is 1. The summed E-state index contributed by atoms with van der Waals surface area (Å²) in [6, 6.07) is 1.89.